The Kier molecular flexibility index (Phi) is 3.25. The fraction of sp³-hybridized carbons (Fsp3) is 0.333. The van der Waals surface area contributed by atoms with Crippen molar-refractivity contribution >= 4 is 54.1 Å². The zero-order chi connectivity index (χ0) is 9.30. The zero-order valence-electron chi connectivity index (χ0n) is 6.17. The summed E-state index contributed by atoms with van der Waals surface area (Å²) in [6.07, 6.45) is 0. The SMILES string of the molecule is Cc1nc(N)sc1C(=O)C(Br)Br. The van der Waals surface area contributed by atoms with E-state index in [2.05, 4.69) is 36.8 Å². The van der Waals surface area contributed by atoms with Gasteiger partial charge in [-0.2, -0.15) is 0 Å². The van der Waals surface area contributed by atoms with Gasteiger partial charge in [0.25, 0.3) is 0 Å². The lowest BCUT2D eigenvalue weighted by Gasteiger charge is -1.96. The number of nitrogens with zero attached hydrogens (tertiary/aromatic N) is 1. The van der Waals surface area contributed by atoms with Gasteiger partial charge >= 0.3 is 0 Å². The lowest BCUT2D eigenvalue weighted by atomic mass is 10.3. The van der Waals surface area contributed by atoms with Crippen LogP contribution in [0.2, 0.25) is 0 Å². The summed E-state index contributed by atoms with van der Waals surface area (Å²) in [6, 6.07) is 0. The number of Topliss-reactive ketones (excluding diaryl/α,β-unsaturated/α-hetero) is 1. The first-order chi connectivity index (χ1) is 5.52. The minimum atomic E-state index is -0.358. The van der Waals surface area contributed by atoms with Crippen LogP contribution in [0, 0.1) is 6.92 Å². The van der Waals surface area contributed by atoms with Crippen LogP contribution in [0.1, 0.15) is 15.4 Å². The second kappa shape index (κ2) is 3.85. The molecule has 0 saturated carbocycles. The normalized spacial score (nSPS) is 10.7. The molecule has 0 fully saturated rings. The highest BCUT2D eigenvalue weighted by molar-refractivity contribution is 9.25. The van der Waals surface area contributed by atoms with Gasteiger partial charge in [-0.05, 0) is 6.92 Å². The van der Waals surface area contributed by atoms with E-state index >= 15 is 0 Å². The number of nitrogen functional groups attached to an aromatic ring is 1. The molecule has 66 valence electrons. The molecular formula is C6H6Br2N2OS. The van der Waals surface area contributed by atoms with Crippen molar-refractivity contribution in [2.24, 2.45) is 0 Å². The first kappa shape index (κ1) is 10.1. The van der Waals surface area contributed by atoms with Crippen LogP contribution in [0.3, 0.4) is 0 Å². The van der Waals surface area contributed by atoms with Gasteiger partial charge in [0.2, 0.25) is 0 Å². The van der Waals surface area contributed by atoms with E-state index < -0.39 is 0 Å². The Labute approximate surface area is 90.6 Å². The average molecular weight is 314 g/mol. The number of carbonyl (C=O) groups excluding carboxylic acids is 1. The van der Waals surface area contributed by atoms with Crippen molar-refractivity contribution in [3.8, 4) is 0 Å². The molecule has 1 aromatic heterocycles. The van der Waals surface area contributed by atoms with E-state index in [1.807, 2.05) is 0 Å². The molecule has 2 N–H and O–H groups in total. The van der Waals surface area contributed by atoms with E-state index in [-0.39, 0.29) is 9.52 Å². The van der Waals surface area contributed by atoms with Crippen LogP contribution in [0.5, 0.6) is 0 Å². The van der Waals surface area contributed by atoms with Crippen molar-refractivity contribution in [1.82, 2.24) is 4.98 Å². The van der Waals surface area contributed by atoms with Crippen LogP contribution >= 0.6 is 43.2 Å². The minimum Gasteiger partial charge on any atom is -0.375 e. The van der Waals surface area contributed by atoms with Gasteiger partial charge in [0, 0.05) is 0 Å². The molecule has 1 heterocycles. The third-order valence-electron chi connectivity index (χ3n) is 1.24. The predicted molar refractivity (Wildman–Crippen MR) is 57.2 cm³/mol. The van der Waals surface area contributed by atoms with E-state index in [1.54, 1.807) is 6.92 Å². The quantitative estimate of drug-likeness (QED) is 0.673. The molecule has 1 rings (SSSR count). The summed E-state index contributed by atoms with van der Waals surface area (Å²) >= 11 is 7.46. The molecule has 6 heteroatoms. The molecule has 1 aromatic rings. The summed E-state index contributed by atoms with van der Waals surface area (Å²) < 4.78 is -0.358. The average Bonchev–Trinajstić information content (AvgIpc) is 2.28. The Balaban J connectivity index is 3.02. The van der Waals surface area contributed by atoms with E-state index in [1.165, 1.54) is 11.3 Å². The number of aryl methyl sites for hydroxylation is 1. The van der Waals surface area contributed by atoms with Crippen molar-refractivity contribution < 1.29 is 4.79 Å². The Morgan fingerprint density at radius 2 is 2.25 bits per heavy atom. The standard InChI is InChI=1S/C6H6Br2N2OS/c1-2-4(3(11)5(7)8)12-6(9)10-2/h5H,1H3,(H2,9,10). The number of anilines is 1. The molecule has 0 unspecified atom stereocenters. The molecule has 0 aliphatic rings. The van der Waals surface area contributed by atoms with Crippen molar-refractivity contribution in [3.63, 3.8) is 0 Å². The van der Waals surface area contributed by atoms with Gasteiger partial charge in [-0.25, -0.2) is 4.98 Å². The maximum Gasteiger partial charge on any atom is 0.198 e. The van der Waals surface area contributed by atoms with Crippen LogP contribution in [-0.4, -0.2) is 14.5 Å². The van der Waals surface area contributed by atoms with Gasteiger partial charge in [0.15, 0.2) is 10.9 Å². The summed E-state index contributed by atoms with van der Waals surface area (Å²) in [7, 11) is 0. The van der Waals surface area contributed by atoms with Crippen molar-refractivity contribution in [2.45, 2.75) is 10.7 Å². The maximum absolute atomic E-state index is 11.4. The van der Waals surface area contributed by atoms with Gasteiger partial charge in [0.1, 0.15) is 3.74 Å². The number of carbonyl (C=O) groups is 1. The first-order valence-electron chi connectivity index (χ1n) is 3.07. The van der Waals surface area contributed by atoms with Crippen LogP contribution in [0.15, 0.2) is 0 Å². The number of alkyl halides is 2. The number of ketones is 1. The monoisotopic (exact) mass is 312 g/mol. The highest BCUT2D eigenvalue weighted by atomic mass is 79.9. The van der Waals surface area contributed by atoms with E-state index in [9.17, 15) is 4.79 Å². The third kappa shape index (κ3) is 2.05. The lowest BCUT2D eigenvalue weighted by molar-refractivity contribution is 0.102. The Bertz CT molecular complexity index is 310. The largest absolute Gasteiger partial charge is 0.375 e. The fourth-order valence-electron chi connectivity index (χ4n) is 0.745. The second-order valence-electron chi connectivity index (χ2n) is 2.13. The highest BCUT2D eigenvalue weighted by Crippen LogP contribution is 2.25. The Morgan fingerprint density at radius 1 is 1.67 bits per heavy atom. The summed E-state index contributed by atoms with van der Waals surface area (Å²) in [4.78, 5) is 16.0. The van der Waals surface area contributed by atoms with Crippen LogP contribution in [0.4, 0.5) is 5.13 Å². The van der Waals surface area contributed by atoms with Crippen LogP contribution in [0.25, 0.3) is 0 Å². The fourth-order valence-corrected chi connectivity index (χ4v) is 2.31. The number of hydrogen-bond acceptors (Lipinski definition) is 4. The van der Waals surface area contributed by atoms with E-state index in [0.29, 0.717) is 15.7 Å². The number of thiazole rings is 1. The molecule has 0 radical (unpaired) electrons. The molecule has 12 heavy (non-hydrogen) atoms. The smallest absolute Gasteiger partial charge is 0.198 e. The summed E-state index contributed by atoms with van der Waals surface area (Å²) in [6.45, 7) is 1.77. The predicted octanol–water partition coefficient (Wildman–Crippen LogP) is 2.33. The maximum atomic E-state index is 11.4. The first-order valence-corrected chi connectivity index (χ1v) is 5.72. The van der Waals surface area contributed by atoms with Crippen LogP contribution in [-0.2, 0) is 0 Å². The molecule has 0 aliphatic carbocycles. The van der Waals surface area contributed by atoms with Gasteiger partial charge in [-0.1, -0.05) is 43.2 Å². The number of hydrogen-bond donors (Lipinski definition) is 1. The number of nitrogens with two attached hydrogens (primary N) is 1. The second-order valence-corrected chi connectivity index (χ2v) is 6.22. The topological polar surface area (TPSA) is 56.0 Å². The molecule has 0 spiro atoms. The molecule has 0 aromatic carbocycles. The minimum absolute atomic E-state index is 0.0401. The lowest BCUT2D eigenvalue weighted by Crippen LogP contribution is -2.06. The Hall–Kier alpha value is 0.0600. The Morgan fingerprint density at radius 3 is 2.58 bits per heavy atom. The van der Waals surface area contributed by atoms with Crippen molar-refractivity contribution in [3.05, 3.63) is 10.6 Å². The van der Waals surface area contributed by atoms with E-state index in [0.717, 1.165) is 0 Å². The van der Waals surface area contributed by atoms with Gasteiger partial charge in [-0.3, -0.25) is 4.79 Å². The molecule has 0 saturated heterocycles. The van der Waals surface area contributed by atoms with Crippen molar-refractivity contribution in [1.29, 1.82) is 0 Å². The zero-order valence-corrected chi connectivity index (χ0v) is 10.2. The van der Waals surface area contributed by atoms with Gasteiger partial charge in [0.05, 0.1) is 10.6 Å². The summed E-state index contributed by atoms with van der Waals surface area (Å²) in [5.41, 5.74) is 6.13. The third-order valence-corrected chi connectivity index (χ3v) is 3.07. The van der Waals surface area contributed by atoms with E-state index in [4.69, 9.17) is 5.73 Å². The van der Waals surface area contributed by atoms with Gasteiger partial charge in [-0.15, -0.1) is 0 Å². The molecule has 0 aliphatic heterocycles. The number of aromatic nitrogens is 1. The molecule has 0 bridgehead atoms. The molecular weight excluding hydrogens is 308 g/mol. The number of halogens is 2. The van der Waals surface area contributed by atoms with Crippen molar-refractivity contribution in [2.75, 3.05) is 5.73 Å². The molecule has 3 nitrogen and oxygen atoms in total. The molecule has 0 amide bonds. The molecule has 0 atom stereocenters. The van der Waals surface area contributed by atoms with Crippen LogP contribution < -0.4 is 5.73 Å². The summed E-state index contributed by atoms with van der Waals surface area (Å²) in [5.74, 6) is -0.0401. The summed E-state index contributed by atoms with van der Waals surface area (Å²) in [5, 5.41) is 0.427. The number of rotatable bonds is 2. The van der Waals surface area contributed by atoms with Gasteiger partial charge < -0.3 is 5.73 Å². The highest BCUT2D eigenvalue weighted by Gasteiger charge is 2.19.